The monoisotopic (exact) mass is 360 g/mol. The molecule has 1 saturated heterocycles. The number of likely N-dealkylation sites (tertiary alicyclic amines) is 1. The Labute approximate surface area is 159 Å². The van der Waals surface area contributed by atoms with Gasteiger partial charge in [0, 0.05) is 12.7 Å². The Hall–Kier alpha value is -2.72. The summed E-state index contributed by atoms with van der Waals surface area (Å²) >= 11 is 0. The van der Waals surface area contributed by atoms with Gasteiger partial charge in [0.15, 0.2) is 0 Å². The summed E-state index contributed by atoms with van der Waals surface area (Å²) < 4.78 is 0. The molecule has 1 aromatic heterocycles. The number of benzene rings is 2. The molecule has 0 saturated carbocycles. The summed E-state index contributed by atoms with van der Waals surface area (Å²) in [5.41, 5.74) is 3.31. The molecule has 4 heteroatoms. The van der Waals surface area contributed by atoms with Crippen molar-refractivity contribution in [3.05, 3.63) is 77.6 Å². The van der Waals surface area contributed by atoms with Crippen LogP contribution in [0.5, 0.6) is 0 Å². The predicted molar refractivity (Wildman–Crippen MR) is 107 cm³/mol. The normalized spacial score (nSPS) is 19.1. The zero-order valence-electron chi connectivity index (χ0n) is 15.5. The lowest BCUT2D eigenvalue weighted by Crippen LogP contribution is -2.41. The minimum Gasteiger partial charge on any atom is -0.481 e. The molecule has 3 aromatic rings. The van der Waals surface area contributed by atoms with Crippen LogP contribution >= 0.6 is 0 Å². The lowest BCUT2D eigenvalue weighted by molar-refractivity contribution is -0.143. The van der Waals surface area contributed by atoms with Crippen molar-refractivity contribution in [2.45, 2.75) is 25.8 Å². The van der Waals surface area contributed by atoms with Crippen molar-refractivity contribution in [1.82, 2.24) is 9.88 Å². The van der Waals surface area contributed by atoms with Crippen LogP contribution in [0.3, 0.4) is 0 Å². The first-order valence-electron chi connectivity index (χ1n) is 9.50. The molecule has 2 unspecified atom stereocenters. The molecule has 138 valence electrons. The number of nitrogens with zero attached hydrogens (tertiary/aromatic N) is 2. The zero-order chi connectivity index (χ0) is 18.8. The third-order valence-corrected chi connectivity index (χ3v) is 5.57. The van der Waals surface area contributed by atoms with Gasteiger partial charge in [-0.25, -0.2) is 0 Å². The zero-order valence-corrected chi connectivity index (χ0v) is 15.5. The SMILES string of the molecule is Cc1cccnc1C(c1ccc2ccccc2c1)N1CCCC(C(=O)O)C1. The summed E-state index contributed by atoms with van der Waals surface area (Å²) in [5.74, 6) is -1.01. The Morgan fingerprint density at radius 1 is 1.15 bits per heavy atom. The van der Waals surface area contributed by atoms with Crippen LogP contribution in [-0.4, -0.2) is 34.0 Å². The van der Waals surface area contributed by atoms with E-state index in [0.717, 1.165) is 30.6 Å². The van der Waals surface area contributed by atoms with Gasteiger partial charge in [0.1, 0.15) is 0 Å². The van der Waals surface area contributed by atoms with Gasteiger partial charge in [-0.1, -0.05) is 42.5 Å². The highest BCUT2D eigenvalue weighted by atomic mass is 16.4. The fourth-order valence-corrected chi connectivity index (χ4v) is 4.15. The summed E-state index contributed by atoms with van der Waals surface area (Å²) in [6.45, 7) is 3.52. The van der Waals surface area contributed by atoms with E-state index in [1.54, 1.807) is 0 Å². The number of carbonyl (C=O) groups is 1. The number of carboxylic acid groups (broad SMARTS) is 1. The molecule has 0 amide bonds. The van der Waals surface area contributed by atoms with Gasteiger partial charge < -0.3 is 5.11 Å². The van der Waals surface area contributed by atoms with Crippen LogP contribution in [0, 0.1) is 12.8 Å². The first kappa shape index (κ1) is 17.7. The smallest absolute Gasteiger partial charge is 0.307 e. The van der Waals surface area contributed by atoms with Crippen molar-refractivity contribution in [3.63, 3.8) is 0 Å². The van der Waals surface area contributed by atoms with Gasteiger partial charge in [-0.3, -0.25) is 14.7 Å². The van der Waals surface area contributed by atoms with E-state index in [4.69, 9.17) is 4.98 Å². The fourth-order valence-electron chi connectivity index (χ4n) is 4.15. The predicted octanol–water partition coefficient (Wildman–Crippen LogP) is 4.43. The molecule has 4 nitrogen and oxygen atoms in total. The first-order chi connectivity index (χ1) is 13.1. The standard InChI is InChI=1S/C23H24N2O2/c1-16-6-4-12-24-21(16)22(25-13-5-9-20(15-25)23(26)27)19-11-10-17-7-2-3-8-18(17)14-19/h2-4,6-8,10-12,14,20,22H,5,9,13,15H2,1H3,(H,26,27). The summed E-state index contributed by atoms with van der Waals surface area (Å²) in [4.78, 5) is 18.6. The Kier molecular flexibility index (Phi) is 4.90. The molecule has 1 N–H and O–H groups in total. The highest BCUT2D eigenvalue weighted by Crippen LogP contribution is 2.34. The van der Waals surface area contributed by atoms with Crippen LogP contribution < -0.4 is 0 Å². The molecule has 4 rings (SSSR count). The second kappa shape index (κ2) is 7.49. The number of aryl methyl sites for hydroxylation is 1. The molecule has 0 bridgehead atoms. The van der Waals surface area contributed by atoms with Crippen molar-refractivity contribution in [2.24, 2.45) is 5.92 Å². The van der Waals surface area contributed by atoms with Gasteiger partial charge >= 0.3 is 5.97 Å². The maximum absolute atomic E-state index is 11.6. The molecule has 0 aliphatic carbocycles. The molecular formula is C23H24N2O2. The van der Waals surface area contributed by atoms with Crippen molar-refractivity contribution < 1.29 is 9.90 Å². The molecule has 0 spiro atoms. The van der Waals surface area contributed by atoms with E-state index in [-0.39, 0.29) is 12.0 Å². The number of rotatable bonds is 4. The Bertz CT molecular complexity index is 969. The Morgan fingerprint density at radius 2 is 1.96 bits per heavy atom. The average Bonchev–Trinajstić information content (AvgIpc) is 2.70. The highest BCUT2D eigenvalue weighted by molar-refractivity contribution is 5.83. The average molecular weight is 360 g/mol. The van der Waals surface area contributed by atoms with Crippen LogP contribution in [-0.2, 0) is 4.79 Å². The lowest BCUT2D eigenvalue weighted by Gasteiger charge is -2.37. The third-order valence-electron chi connectivity index (χ3n) is 5.57. The molecule has 0 radical (unpaired) electrons. The van der Waals surface area contributed by atoms with Gasteiger partial charge in [0.2, 0.25) is 0 Å². The van der Waals surface area contributed by atoms with E-state index in [2.05, 4.69) is 54.3 Å². The second-order valence-electron chi connectivity index (χ2n) is 7.39. The minimum absolute atomic E-state index is 0.0297. The van der Waals surface area contributed by atoms with Crippen molar-refractivity contribution in [1.29, 1.82) is 0 Å². The number of aromatic nitrogens is 1. The number of hydrogen-bond acceptors (Lipinski definition) is 3. The molecule has 27 heavy (non-hydrogen) atoms. The lowest BCUT2D eigenvalue weighted by atomic mass is 9.91. The summed E-state index contributed by atoms with van der Waals surface area (Å²) in [7, 11) is 0. The van der Waals surface area contributed by atoms with Crippen molar-refractivity contribution in [2.75, 3.05) is 13.1 Å². The van der Waals surface area contributed by atoms with Crippen molar-refractivity contribution >= 4 is 16.7 Å². The molecule has 1 aliphatic rings. The quantitative estimate of drug-likeness (QED) is 0.748. The maximum Gasteiger partial charge on any atom is 0.307 e. The van der Waals surface area contributed by atoms with E-state index in [1.807, 2.05) is 18.3 Å². The van der Waals surface area contributed by atoms with E-state index >= 15 is 0 Å². The summed E-state index contributed by atoms with van der Waals surface area (Å²) in [6, 6.07) is 18.9. The minimum atomic E-state index is -0.699. The topological polar surface area (TPSA) is 53.4 Å². The van der Waals surface area contributed by atoms with Crippen LogP contribution in [0.4, 0.5) is 0 Å². The fraction of sp³-hybridized carbons (Fsp3) is 0.304. The number of aliphatic carboxylic acids is 1. The molecule has 1 fully saturated rings. The van der Waals surface area contributed by atoms with E-state index in [0.29, 0.717) is 6.54 Å². The van der Waals surface area contributed by atoms with Gasteiger partial charge in [-0.2, -0.15) is 0 Å². The van der Waals surface area contributed by atoms with Crippen LogP contribution in [0.1, 0.15) is 35.7 Å². The third kappa shape index (κ3) is 3.58. The van der Waals surface area contributed by atoms with Gasteiger partial charge in [0.25, 0.3) is 0 Å². The maximum atomic E-state index is 11.6. The van der Waals surface area contributed by atoms with Crippen LogP contribution in [0.25, 0.3) is 10.8 Å². The number of piperidine rings is 1. The van der Waals surface area contributed by atoms with Crippen LogP contribution in [0.2, 0.25) is 0 Å². The largest absolute Gasteiger partial charge is 0.481 e. The number of hydrogen-bond donors (Lipinski definition) is 1. The van der Waals surface area contributed by atoms with E-state index in [9.17, 15) is 9.90 Å². The molecule has 2 heterocycles. The Balaban J connectivity index is 1.80. The Morgan fingerprint density at radius 3 is 2.74 bits per heavy atom. The number of carboxylic acids is 1. The van der Waals surface area contributed by atoms with Gasteiger partial charge in [-0.05, 0) is 60.3 Å². The number of pyridine rings is 1. The highest BCUT2D eigenvalue weighted by Gasteiger charge is 2.32. The molecular weight excluding hydrogens is 336 g/mol. The van der Waals surface area contributed by atoms with Gasteiger partial charge in [-0.15, -0.1) is 0 Å². The van der Waals surface area contributed by atoms with Crippen LogP contribution in [0.15, 0.2) is 60.8 Å². The molecule has 2 aromatic carbocycles. The van der Waals surface area contributed by atoms with E-state index in [1.165, 1.54) is 16.3 Å². The molecule has 2 atom stereocenters. The second-order valence-corrected chi connectivity index (χ2v) is 7.39. The van der Waals surface area contributed by atoms with Crippen molar-refractivity contribution in [3.8, 4) is 0 Å². The first-order valence-corrected chi connectivity index (χ1v) is 9.50. The molecule has 1 aliphatic heterocycles. The summed E-state index contributed by atoms with van der Waals surface area (Å²) in [5, 5.41) is 11.9. The van der Waals surface area contributed by atoms with Gasteiger partial charge in [0.05, 0.1) is 17.7 Å². The van der Waals surface area contributed by atoms with E-state index < -0.39 is 5.97 Å². The summed E-state index contributed by atoms with van der Waals surface area (Å²) in [6.07, 6.45) is 3.47. The number of fused-ring (bicyclic) bond motifs is 1.